The van der Waals surface area contributed by atoms with E-state index in [0.29, 0.717) is 12.5 Å². The molecule has 130 valence electrons. The van der Waals surface area contributed by atoms with Crippen molar-refractivity contribution in [3.63, 3.8) is 0 Å². The van der Waals surface area contributed by atoms with Crippen molar-refractivity contribution in [2.45, 2.75) is 52.2 Å². The Morgan fingerprint density at radius 3 is 2.33 bits per heavy atom. The van der Waals surface area contributed by atoms with Crippen molar-refractivity contribution >= 4 is 17.5 Å². The van der Waals surface area contributed by atoms with Crippen LogP contribution in [0.5, 0.6) is 0 Å². The van der Waals surface area contributed by atoms with Crippen LogP contribution in [0.4, 0.5) is 0 Å². The predicted molar refractivity (Wildman–Crippen MR) is 100 cm³/mol. The summed E-state index contributed by atoms with van der Waals surface area (Å²) in [4.78, 5) is 14.5. The Bertz CT molecular complexity index is 649. The highest BCUT2D eigenvalue weighted by atomic mass is 35.5. The number of hydrogen-bond acceptors (Lipinski definition) is 1. The third-order valence-corrected chi connectivity index (χ3v) is 4.72. The molecule has 2 atom stereocenters. The van der Waals surface area contributed by atoms with E-state index in [1.807, 2.05) is 29.2 Å². The molecule has 4 heteroatoms. The van der Waals surface area contributed by atoms with Crippen molar-refractivity contribution in [1.29, 1.82) is 0 Å². The van der Waals surface area contributed by atoms with Crippen LogP contribution in [0.1, 0.15) is 39.0 Å². The molecule has 0 N–H and O–H groups in total. The van der Waals surface area contributed by atoms with Gasteiger partial charge >= 0.3 is 0 Å². The molecule has 1 heterocycles. The first kappa shape index (κ1) is 18.6. The van der Waals surface area contributed by atoms with Gasteiger partial charge in [0, 0.05) is 24.5 Å². The van der Waals surface area contributed by atoms with E-state index in [1.165, 1.54) is 5.56 Å². The maximum absolute atomic E-state index is 12.6. The molecule has 0 unspecified atom stereocenters. The van der Waals surface area contributed by atoms with Gasteiger partial charge in [-0.2, -0.15) is 0 Å². The molecule has 24 heavy (non-hydrogen) atoms. The molecule has 1 amide bonds. The van der Waals surface area contributed by atoms with Gasteiger partial charge < -0.3 is 9.47 Å². The molecule has 0 aliphatic heterocycles. The number of rotatable bonds is 7. The molecule has 0 bridgehead atoms. The van der Waals surface area contributed by atoms with E-state index >= 15 is 0 Å². The van der Waals surface area contributed by atoms with Crippen LogP contribution in [0.15, 0.2) is 48.7 Å². The third kappa shape index (κ3) is 4.64. The first-order valence-electron chi connectivity index (χ1n) is 8.52. The van der Waals surface area contributed by atoms with Crippen LogP contribution in [-0.4, -0.2) is 26.8 Å². The zero-order valence-electron chi connectivity index (χ0n) is 14.9. The third-order valence-electron chi connectivity index (χ3n) is 4.53. The lowest BCUT2D eigenvalue weighted by Crippen LogP contribution is -2.44. The lowest BCUT2D eigenvalue weighted by atomic mass is 10.0. The van der Waals surface area contributed by atoms with Gasteiger partial charge in [0.25, 0.3) is 0 Å². The Kier molecular flexibility index (Phi) is 6.50. The zero-order valence-corrected chi connectivity index (χ0v) is 15.7. The highest BCUT2D eigenvalue weighted by Crippen LogP contribution is 2.18. The number of hydrogen-bond donors (Lipinski definition) is 0. The number of halogens is 1. The summed E-state index contributed by atoms with van der Waals surface area (Å²) in [5.74, 6) is 0.368. The fraction of sp³-hybridized carbons (Fsp3) is 0.450. The number of aromatic nitrogens is 1. The van der Waals surface area contributed by atoms with Crippen LogP contribution in [0.2, 0.25) is 0 Å². The van der Waals surface area contributed by atoms with E-state index in [1.54, 1.807) is 6.92 Å². The van der Waals surface area contributed by atoms with Crippen LogP contribution in [-0.2, 0) is 17.9 Å². The predicted octanol–water partition coefficient (Wildman–Crippen LogP) is 4.54. The Balaban J connectivity index is 2.21. The van der Waals surface area contributed by atoms with Crippen molar-refractivity contribution in [1.82, 2.24) is 9.47 Å². The normalized spacial score (nSPS) is 13.8. The molecule has 2 aromatic rings. The first-order valence-corrected chi connectivity index (χ1v) is 8.96. The van der Waals surface area contributed by atoms with Gasteiger partial charge in [0.15, 0.2) is 0 Å². The van der Waals surface area contributed by atoms with E-state index in [4.69, 9.17) is 11.6 Å². The topological polar surface area (TPSA) is 25.2 Å². The van der Waals surface area contributed by atoms with Crippen molar-refractivity contribution in [2.75, 3.05) is 0 Å². The lowest BCUT2D eigenvalue weighted by molar-refractivity contribution is -0.134. The number of amides is 1. The van der Waals surface area contributed by atoms with Gasteiger partial charge in [-0.05, 0) is 37.5 Å². The van der Waals surface area contributed by atoms with E-state index in [2.05, 4.69) is 49.7 Å². The Labute approximate surface area is 150 Å². The van der Waals surface area contributed by atoms with Crippen molar-refractivity contribution in [2.24, 2.45) is 5.92 Å². The standard InChI is InChI=1S/C20H27ClN2O/c1-15(2)17(4)23(20(24)16(3)21)14-19-11-8-12-22(19)13-18-9-6-5-7-10-18/h5-12,15-17H,13-14H2,1-4H3/t16-,17-/m0/s1. The molecular weight excluding hydrogens is 320 g/mol. The molecule has 0 saturated carbocycles. The summed E-state index contributed by atoms with van der Waals surface area (Å²) in [6, 6.07) is 14.6. The van der Waals surface area contributed by atoms with Crippen LogP contribution < -0.4 is 0 Å². The largest absolute Gasteiger partial charge is 0.345 e. The summed E-state index contributed by atoms with van der Waals surface area (Å²) < 4.78 is 2.20. The molecule has 3 nitrogen and oxygen atoms in total. The number of carbonyl (C=O) groups excluding carboxylic acids is 1. The summed E-state index contributed by atoms with van der Waals surface area (Å²) in [6.45, 7) is 9.48. The van der Waals surface area contributed by atoms with Crippen LogP contribution in [0.25, 0.3) is 0 Å². The second kappa shape index (κ2) is 8.39. The number of carbonyl (C=O) groups is 1. The molecular formula is C20H27ClN2O. The Hall–Kier alpha value is -1.74. The monoisotopic (exact) mass is 346 g/mol. The molecule has 1 aromatic heterocycles. The highest BCUT2D eigenvalue weighted by molar-refractivity contribution is 6.30. The molecule has 0 aliphatic rings. The number of nitrogens with zero attached hydrogens (tertiary/aromatic N) is 2. The average molecular weight is 347 g/mol. The van der Waals surface area contributed by atoms with Crippen molar-refractivity contribution in [3.05, 3.63) is 59.9 Å². The smallest absolute Gasteiger partial charge is 0.240 e. The van der Waals surface area contributed by atoms with E-state index in [-0.39, 0.29) is 11.9 Å². The SMILES string of the molecule is CC(C)[C@H](C)N(Cc1cccn1Cc1ccccc1)C(=O)[C@H](C)Cl. The van der Waals surface area contributed by atoms with Gasteiger partial charge in [-0.15, -0.1) is 11.6 Å². The van der Waals surface area contributed by atoms with Gasteiger partial charge in [-0.3, -0.25) is 4.79 Å². The quantitative estimate of drug-likeness (QED) is 0.676. The first-order chi connectivity index (χ1) is 11.4. The Morgan fingerprint density at radius 1 is 1.08 bits per heavy atom. The van der Waals surface area contributed by atoms with E-state index in [0.717, 1.165) is 12.2 Å². The van der Waals surface area contributed by atoms with Gasteiger partial charge in [0.2, 0.25) is 5.91 Å². The molecule has 1 aromatic carbocycles. The van der Waals surface area contributed by atoms with Crippen LogP contribution in [0, 0.1) is 5.92 Å². The van der Waals surface area contributed by atoms with Gasteiger partial charge in [-0.25, -0.2) is 0 Å². The number of alkyl halides is 1. The van der Waals surface area contributed by atoms with Crippen molar-refractivity contribution < 1.29 is 4.79 Å². The second-order valence-corrected chi connectivity index (χ2v) is 7.33. The maximum atomic E-state index is 12.6. The maximum Gasteiger partial charge on any atom is 0.240 e. The fourth-order valence-electron chi connectivity index (χ4n) is 2.71. The summed E-state index contributed by atoms with van der Waals surface area (Å²) >= 11 is 6.08. The van der Waals surface area contributed by atoms with Gasteiger partial charge in [-0.1, -0.05) is 44.2 Å². The van der Waals surface area contributed by atoms with Gasteiger partial charge in [0.1, 0.15) is 5.38 Å². The summed E-state index contributed by atoms with van der Waals surface area (Å²) in [7, 11) is 0. The minimum absolute atomic E-state index is 0.00896. The van der Waals surface area contributed by atoms with Crippen molar-refractivity contribution in [3.8, 4) is 0 Å². The summed E-state index contributed by atoms with van der Waals surface area (Å²) in [6.07, 6.45) is 2.06. The molecule has 0 radical (unpaired) electrons. The Morgan fingerprint density at radius 2 is 1.75 bits per heavy atom. The molecule has 0 saturated heterocycles. The molecule has 2 rings (SSSR count). The molecule has 0 spiro atoms. The van der Waals surface area contributed by atoms with Crippen LogP contribution in [0.3, 0.4) is 0 Å². The second-order valence-electron chi connectivity index (χ2n) is 6.68. The minimum Gasteiger partial charge on any atom is -0.345 e. The van der Waals surface area contributed by atoms with E-state index in [9.17, 15) is 4.79 Å². The fourth-order valence-corrected chi connectivity index (χ4v) is 2.84. The molecule has 0 aliphatic carbocycles. The van der Waals surface area contributed by atoms with Gasteiger partial charge in [0.05, 0.1) is 6.54 Å². The zero-order chi connectivity index (χ0) is 17.7. The lowest BCUT2D eigenvalue weighted by Gasteiger charge is -2.33. The highest BCUT2D eigenvalue weighted by Gasteiger charge is 2.26. The summed E-state index contributed by atoms with van der Waals surface area (Å²) in [5, 5.41) is -0.510. The van der Waals surface area contributed by atoms with E-state index < -0.39 is 5.38 Å². The van der Waals surface area contributed by atoms with Crippen LogP contribution >= 0.6 is 11.6 Å². The number of benzene rings is 1. The molecule has 0 fully saturated rings. The average Bonchev–Trinajstić information content (AvgIpc) is 2.99. The minimum atomic E-state index is -0.510. The summed E-state index contributed by atoms with van der Waals surface area (Å²) in [5.41, 5.74) is 2.37.